The maximum absolute atomic E-state index is 12.5. The third kappa shape index (κ3) is 2.22. The normalized spacial score (nSPS) is 19.3. The van der Waals surface area contributed by atoms with Crippen molar-refractivity contribution in [3.63, 3.8) is 0 Å². The molecule has 1 aliphatic heterocycles. The molecular formula is C18H19NO2S. The largest absolute Gasteiger partial charge is 0.380 e. The maximum Gasteiger partial charge on any atom is 0.256 e. The van der Waals surface area contributed by atoms with E-state index in [1.54, 1.807) is 11.8 Å². The van der Waals surface area contributed by atoms with Gasteiger partial charge in [-0.1, -0.05) is 24.3 Å². The van der Waals surface area contributed by atoms with Crippen LogP contribution in [0.5, 0.6) is 0 Å². The van der Waals surface area contributed by atoms with E-state index in [4.69, 9.17) is 0 Å². The van der Waals surface area contributed by atoms with Crippen molar-refractivity contribution in [2.45, 2.75) is 31.3 Å². The van der Waals surface area contributed by atoms with Gasteiger partial charge in [-0.15, -0.1) is 0 Å². The molecule has 1 heterocycles. The van der Waals surface area contributed by atoms with Gasteiger partial charge in [0.25, 0.3) is 5.91 Å². The van der Waals surface area contributed by atoms with Crippen LogP contribution in [0.3, 0.4) is 0 Å². The highest BCUT2D eigenvalue weighted by Crippen LogP contribution is 2.36. The van der Waals surface area contributed by atoms with Crippen molar-refractivity contribution in [3.05, 3.63) is 41.5 Å². The standard InChI is InChI=1S/C18H19NO2S/c20-17(18(21)8-10-22-11-9-18)19-15-7-6-13-5-4-12-2-1-3-14(15)16(12)13/h1-3,6-7,21H,4-5,8-11H2,(H,19,20). The van der Waals surface area contributed by atoms with Crippen molar-refractivity contribution < 1.29 is 9.90 Å². The first-order chi connectivity index (χ1) is 10.7. The molecule has 1 amide bonds. The summed E-state index contributed by atoms with van der Waals surface area (Å²) < 4.78 is 0. The highest BCUT2D eigenvalue weighted by atomic mass is 32.2. The number of amides is 1. The number of carbonyl (C=O) groups excluding carboxylic acids is 1. The topological polar surface area (TPSA) is 49.3 Å². The van der Waals surface area contributed by atoms with E-state index >= 15 is 0 Å². The fourth-order valence-electron chi connectivity index (χ4n) is 3.53. The molecule has 0 bridgehead atoms. The second-order valence-electron chi connectivity index (χ2n) is 6.21. The Morgan fingerprint density at radius 3 is 2.59 bits per heavy atom. The Balaban J connectivity index is 1.69. The molecule has 22 heavy (non-hydrogen) atoms. The van der Waals surface area contributed by atoms with Crippen molar-refractivity contribution in [2.75, 3.05) is 16.8 Å². The van der Waals surface area contributed by atoms with Gasteiger partial charge in [0, 0.05) is 11.1 Å². The zero-order valence-electron chi connectivity index (χ0n) is 12.4. The second kappa shape index (κ2) is 5.28. The summed E-state index contributed by atoms with van der Waals surface area (Å²) in [6.45, 7) is 0. The Hall–Kier alpha value is -1.52. The number of aliphatic hydroxyl groups is 1. The molecule has 4 rings (SSSR count). The molecule has 0 unspecified atom stereocenters. The van der Waals surface area contributed by atoms with Crippen LogP contribution < -0.4 is 5.32 Å². The zero-order chi connectivity index (χ0) is 15.2. The minimum atomic E-state index is -1.21. The molecule has 0 atom stereocenters. The van der Waals surface area contributed by atoms with E-state index in [0.29, 0.717) is 12.8 Å². The molecule has 2 aromatic carbocycles. The van der Waals surface area contributed by atoms with E-state index in [-0.39, 0.29) is 5.91 Å². The fourth-order valence-corrected chi connectivity index (χ4v) is 4.70. The summed E-state index contributed by atoms with van der Waals surface area (Å²) in [4.78, 5) is 12.5. The summed E-state index contributed by atoms with van der Waals surface area (Å²) in [7, 11) is 0. The molecule has 1 aliphatic carbocycles. The number of aryl methyl sites for hydroxylation is 2. The lowest BCUT2D eigenvalue weighted by atomic mass is 9.95. The highest BCUT2D eigenvalue weighted by Gasteiger charge is 2.37. The molecule has 2 N–H and O–H groups in total. The number of anilines is 1. The van der Waals surface area contributed by atoms with Crippen LogP contribution in [0.15, 0.2) is 30.3 Å². The van der Waals surface area contributed by atoms with Crippen LogP contribution in [0.2, 0.25) is 0 Å². The molecule has 4 heteroatoms. The van der Waals surface area contributed by atoms with Crippen molar-refractivity contribution >= 4 is 34.1 Å². The molecule has 0 spiro atoms. The van der Waals surface area contributed by atoms with Crippen LogP contribution >= 0.6 is 11.8 Å². The van der Waals surface area contributed by atoms with Crippen LogP contribution in [0.1, 0.15) is 24.0 Å². The lowest BCUT2D eigenvalue weighted by Crippen LogP contribution is -2.45. The van der Waals surface area contributed by atoms with Crippen LogP contribution in [-0.4, -0.2) is 28.1 Å². The summed E-state index contributed by atoms with van der Waals surface area (Å²) in [6.07, 6.45) is 3.21. The van der Waals surface area contributed by atoms with Gasteiger partial charge in [-0.3, -0.25) is 4.79 Å². The Labute approximate surface area is 134 Å². The molecule has 0 radical (unpaired) electrons. The summed E-state index contributed by atoms with van der Waals surface area (Å²) in [5.41, 5.74) is 2.32. The van der Waals surface area contributed by atoms with Crippen LogP contribution in [0.25, 0.3) is 10.8 Å². The number of thioether (sulfide) groups is 1. The Bertz CT molecular complexity index is 740. The molecule has 0 aromatic heterocycles. The van der Waals surface area contributed by atoms with Gasteiger partial charge in [-0.2, -0.15) is 11.8 Å². The van der Waals surface area contributed by atoms with Crippen molar-refractivity contribution in [3.8, 4) is 0 Å². The van der Waals surface area contributed by atoms with Gasteiger partial charge in [0.05, 0.1) is 0 Å². The Kier molecular flexibility index (Phi) is 3.39. The van der Waals surface area contributed by atoms with E-state index in [1.807, 2.05) is 12.1 Å². The first-order valence-corrected chi connectivity index (χ1v) is 8.98. The SMILES string of the molecule is O=C(Nc1ccc2c3c(cccc13)CC2)C1(O)CCSCC1. The van der Waals surface area contributed by atoms with Crippen molar-refractivity contribution in [1.29, 1.82) is 0 Å². The number of hydrogen-bond acceptors (Lipinski definition) is 3. The molecule has 0 saturated carbocycles. The molecule has 1 fully saturated rings. The Morgan fingerprint density at radius 1 is 1.09 bits per heavy atom. The van der Waals surface area contributed by atoms with E-state index in [1.165, 1.54) is 16.5 Å². The maximum atomic E-state index is 12.5. The van der Waals surface area contributed by atoms with E-state index in [0.717, 1.165) is 35.4 Å². The van der Waals surface area contributed by atoms with Crippen LogP contribution in [-0.2, 0) is 17.6 Å². The number of nitrogens with one attached hydrogen (secondary N) is 1. The Morgan fingerprint density at radius 2 is 1.82 bits per heavy atom. The third-order valence-corrected chi connectivity index (χ3v) is 5.85. The minimum Gasteiger partial charge on any atom is -0.380 e. The van der Waals surface area contributed by atoms with E-state index in [2.05, 4.69) is 23.5 Å². The second-order valence-corrected chi connectivity index (χ2v) is 7.43. The number of rotatable bonds is 2. The quantitative estimate of drug-likeness (QED) is 0.895. The fraction of sp³-hybridized carbons (Fsp3) is 0.389. The zero-order valence-corrected chi connectivity index (χ0v) is 13.2. The molecule has 3 nitrogen and oxygen atoms in total. The van der Waals surface area contributed by atoms with Crippen molar-refractivity contribution in [2.24, 2.45) is 0 Å². The highest BCUT2D eigenvalue weighted by molar-refractivity contribution is 7.99. The molecule has 1 saturated heterocycles. The van der Waals surface area contributed by atoms with Gasteiger partial charge in [0.2, 0.25) is 0 Å². The van der Waals surface area contributed by atoms with E-state index < -0.39 is 5.60 Å². The average molecular weight is 313 g/mol. The molecule has 2 aliphatic rings. The van der Waals surface area contributed by atoms with Gasteiger partial charge in [0.1, 0.15) is 5.60 Å². The minimum absolute atomic E-state index is 0.258. The third-order valence-electron chi connectivity index (χ3n) is 4.87. The van der Waals surface area contributed by atoms with Crippen LogP contribution in [0, 0.1) is 0 Å². The van der Waals surface area contributed by atoms with Gasteiger partial charge in [-0.25, -0.2) is 0 Å². The first-order valence-electron chi connectivity index (χ1n) is 7.82. The van der Waals surface area contributed by atoms with Gasteiger partial charge < -0.3 is 10.4 Å². The summed E-state index contributed by atoms with van der Waals surface area (Å²) >= 11 is 1.80. The van der Waals surface area contributed by atoms with Crippen LogP contribution in [0.4, 0.5) is 5.69 Å². The van der Waals surface area contributed by atoms with Gasteiger partial charge in [-0.05, 0) is 59.8 Å². The summed E-state index contributed by atoms with van der Waals surface area (Å²) in [5, 5.41) is 15.9. The van der Waals surface area contributed by atoms with Gasteiger partial charge >= 0.3 is 0 Å². The lowest BCUT2D eigenvalue weighted by molar-refractivity contribution is -0.134. The van der Waals surface area contributed by atoms with Gasteiger partial charge in [0.15, 0.2) is 0 Å². The molecular weight excluding hydrogens is 294 g/mol. The average Bonchev–Trinajstić information content (AvgIpc) is 2.96. The summed E-state index contributed by atoms with van der Waals surface area (Å²) in [5.74, 6) is 1.42. The monoisotopic (exact) mass is 313 g/mol. The lowest BCUT2D eigenvalue weighted by Gasteiger charge is -2.30. The molecule has 2 aromatic rings. The van der Waals surface area contributed by atoms with Crippen molar-refractivity contribution in [1.82, 2.24) is 0 Å². The summed E-state index contributed by atoms with van der Waals surface area (Å²) in [6, 6.07) is 10.4. The molecule has 114 valence electrons. The van der Waals surface area contributed by atoms with E-state index in [9.17, 15) is 9.90 Å². The smallest absolute Gasteiger partial charge is 0.256 e. The number of hydrogen-bond donors (Lipinski definition) is 2. The first kappa shape index (κ1) is 14.1. The predicted octanol–water partition coefficient (Wildman–Crippen LogP) is 3.14. The number of carbonyl (C=O) groups is 1. The number of benzene rings is 2. The predicted molar refractivity (Wildman–Crippen MR) is 91.5 cm³/mol.